The molecule has 1 N–H and O–H groups in total. The van der Waals surface area contributed by atoms with Crippen LogP contribution in [0.1, 0.15) is 18.6 Å². The van der Waals surface area contributed by atoms with Crippen molar-refractivity contribution in [1.82, 2.24) is 5.32 Å². The number of nitro benzene ring substituents is 1. The molecule has 2 unspecified atom stereocenters. The summed E-state index contributed by atoms with van der Waals surface area (Å²) in [5, 5.41) is 14.0. The maximum Gasteiger partial charge on any atom is 0.337 e. The van der Waals surface area contributed by atoms with Crippen LogP contribution < -0.4 is 5.32 Å². The van der Waals surface area contributed by atoms with E-state index < -0.39 is 23.1 Å². The molecule has 1 heterocycles. The van der Waals surface area contributed by atoms with Crippen molar-refractivity contribution >= 4 is 11.7 Å². The monoisotopic (exact) mass is 280 g/mol. The van der Waals surface area contributed by atoms with Gasteiger partial charge in [-0.25, -0.2) is 4.79 Å². The zero-order chi connectivity index (χ0) is 14.5. The lowest BCUT2D eigenvalue weighted by molar-refractivity contribution is -0.386. The van der Waals surface area contributed by atoms with Crippen molar-refractivity contribution in [1.29, 1.82) is 0 Å². The minimum absolute atomic E-state index is 0.0597. The molecular formula is C13H16N2O5. The number of nitrogens with one attached hydrogen (secondary N) is 1. The number of esters is 1. The van der Waals surface area contributed by atoms with Gasteiger partial charge in [0.05, 0.1) is 17.1 Å². The van der Waals surface area contributed by atoms with Gasteiger partial charge in [0.15, 0.2) is 6.10 Å². The smallest absolute Gasteiger partial charge is 0.337 e. The molecule has 0 saturated carbocycles. The van der Waals surface area contributed by atoms with Gasteiger partial charge >= 0.3 is 5.97 Å². The highest BCUT2D eigenvalue weighted by atomic mass is 16.6. The Hall–Kier alpha value is -1.99. The van der Waals surface area contributed by atoms with Gasteiger partial charge in [0.25, 0.3) is 5.69 Å². The van der Waals surface area contributed by atoms with Gasteiger partial charge in [0, 0.05) is 19.2 Å². The Bertz CT molecular complexity index is 499. The molecule has 1 saturated heterocycles. The number of ether oxygens (including phenoxy) is 2. The maximum atomic E-state index is 11.9. The third-order valence-electron chi connectivity index (χ3n) is 3.05. The number of morpholine rings is 1. The first-order chi connectivity index (χ1) is 9.59. The quantitative estimate of drug-likeness (QED) is 0.506. The van der Waals surface area contributed by atoms with Crippen LogP contribution in [0.2, 0.25) is 0 Å². The van der Waals surface area contributed by atoms with Crippen molar-refractivity contribution in [2.24, 2.45) is 0 Å². The number of nitrogens with zero attached hydrogens (tertiary/aromatic N) is 1. The zero-order valence-electron chi connectivity index (χ0n) is 11.1. The van der Waals surface area contributed by atoms with Crippen LogP contribution in [0.4, 0.5) is 5.69 Å². The van der Waals surface area contributed by atoms with E-state index in [2.05, 4.69) is 5.32 Å². The summed E-state index contributed by atoms with van der Waals surface area (Å²) in [7, 11) is 0. The van der Waals surface area contributed by atoms with Gasteiger partial charge in [-0.3, -0.25) is 10.1 Å². The number of carbonyl (C=O) groups is 1. The summed E-state index contributed by atoms with van der Waals surface area (Å²) in [4.78, 5) is 22.4. The SMILES string of the molecule is CC(OC(=O)C1CNCCO1)c1ccccc1[N+](=O)[O-]. The second-order valence-corrected chi connectivity index (χ2v) is 4.46. The summed E-state index contributed by atoms with van der Waals surface area (Å²) in [5.41, 5.74) is 0.310. The molecule has 0 amide bonds. The van der Waals surface area contributed by atoms with Gasteiger partial charge in [-0.1, -0.05) is 12.1 Å². The van der Waals surface area contributed by atoms with Crippen LogP contribution in [0.5, 0.6) is 0 Å². The Labute approximate surface area is 116 Å². The van der Waals surface area contributed by atoms with Crippen molar-refractivity contribution in [3.05, 3.63) is 39.9 Å². The highest BCUT2D eigenvalue weighted by molar-refractivity contribution is 5.75. The molecule has 1 fully saturated rings. The van der Waals surface area contributed by atoms with Gasteiger partial charge in [-0.15, -0.1) is 0 Å². The van der Waals surface area contributed by atoms with E-state index >= 15 is 0 Å². The second kappa shape index (κ2) is 6.44. The number of rotatable bonds is 4. The van der Waals surface area contributed by atoms with Crippen LogP contribution in [0.15, 0.2) is 24.3 Å². The average Bonchev–Trinajstić information content (AvgIpc) is 2.48. The van der Waals surface area contributed by atoms with Gasteiger partial charge < -0.3 is 14.8 Å². The molecule has 7 heteroatoms. The van der Waals surface area contributed by atoms with E-state index in [0.717, 1.165) is 0 Å². The van der Waals surface area contributed by atoms with E-state index in [-0.39, 0.29) is 5.69 Å². The Balaban J connectivity index is 2.06. The lowest BCUT2D eigenvalue weighted by atomic mass is 10.1. The predicted octanol–water partition coefficient (Wildman–Crippen LogP) is 1.19. The highest BCUT2D eigenvalue weighted by Gasteiger charge is 2.27. The number of nitro groups is 1. The molecule has 0 aromatic heterocycles. The minimum Gasteiger partial charge on any atom is -0.456 e. The maximum absolute atomic E-state index is 11.9. The van der Waals surface area contributed by atoms with Crippen LogP contribution in [-0.4, -0.2) is 36.7 Å². The first-order valence-electron chi connectivity index (χ1n) is 6.35. The van der Waals surface area contributed by atoms with Crippen LogP contribution in [0.3, 0.4) is 0 Å². The fraction of sp³-hybridized carbons (Fsp3) is 0.462. The molecule has 1 aliphatic rings. The summed E-state index contributed by atoms with van der Waals surface area (Å²) >= 11 is 0. The number of hydrogen-bond acceptors (Lipinski definition) is 6. The van der Waals surface area contributed by atoms with E-state index in [1.807, 2.05) is 0 Å². The summed E-state index contributed by atoms with van der Waals surface area (Å²) in [6.07, 6.45) is -1.36. The number of para-hydroxylation sites is 1. The average molecular weight is 280 g/mol. The zero-order valence-corrected chi connectivity index (χ0v) is 11.1. The van der Waals surface area contributed by atoms with Gasteiger partial charge in [0.2, 0.25) is 0 Å². The van der Waals surface area contributed by atoms with E-state index in [1.54, 1.807) is 25.1 Å². The predicted molar refractivity (Wildman–Crippen MR) is 70.2 cm³/mol. The molecule has 0 radical (unpaired) electrons. The Morgan fingerprint density at radius 2 is 2.30 bits per heavy atom. The second-order valence-electron chi connectivity index (χ2n) is 4.46. The standard InChI is InChI=1S/C13H16N2O5/c1-9(10-4-2-3-5-11(10)15(17)18)20-13(16)12-8-14-6-7-19-12/h2-5,9,12,14H,6-8H2,1H3. The van der Waals surface area contributed by atoms with Crippen molar-refractivity contribution in [3.63, 3.8) is 0 Å². The van der Waals surface area contributed by atoms with Crippen LogP contribution in [-0.2, 0) is 14.3 Å². The van der Waals surface area contributed by atoms with Crippen molar-refractivity contribution in [2.45, 2.75) is 19.1 Å². The third-order valence-corrected chi connectivity index (χ3v) is 3.05. The summed E-state index contributed by atoms with van der Waals surface area (Å²) in [6.45, 7) is 3.14. The largest absolute Gasteiger partial charge is 0.456 e. The molecule has 1 aliphatic heterocycles. The molecule has 2 rings (SSSR count). The summed E-state index contributed by atoms with van der Waals surface area (Å²) < 4.78 is 10.5. The van der Waals surface area contributed by atoms with E-state index in [0.29, 0.717) is 25.3 Å². The lowest BCUT2D eigenvalue weighted by Crippen LogP contribution is -2.44. The number of carbonyl (C=O) groups excluding carboxylic acids is 1. The minimum atomic E-state index is -0.699. The van der Waals surface area contributed by atoms with Crippen molar-refractivity contribution in [3.8, 4) is 0 Å². The Kier molecular flexibility index (Phi) is 4.65. The van der Waals surface area contributed by atoms with Gasteiger partial charge in [0.1, 0.15) is 6.10 Å². The van der Waals surface area contributed by atoms with Crippen LogP contribution in [0, 0.1) is 10.1 Å². The Morgan fingerprint density at radius 1 is 1.55 bits per heavy atom. The van der Waals surface area contributed by atoms with E-state index in [9.17, 15) is 14.9 Å². The first kappa shape index (κ1) is 14.4. The molecule has 1 aromatic carbocycles. The van der Waals surface area contributed by atoms with Crippen LogP contribution in [0.25, 0.3) is 0 Å². The Morgan fingerprint density at radius 3 is 2.95 bits per heavy atom. The molecule has 2 atom stereocenters. The third kappa shape index (κ3) is 3.31. The topological polar surface area (TPSA) is 90.7 Å². The fourth-order valence-electron chi connectivity index (χ4n) is 2.03. The fourth-order valence-corrected chi connectivity index (χ4v) is 2.03. The van der Waals surface area contributed by atoms with Gasteiger partial charge in [-0.2, -0.15) is 0 Å². The van der Waals surface area contributed by atoms with Crippen molar-refractivity contribution < 1.29 is 19.2 Å². The van der Waals surface area contributed by atoms with E-state index in [1.165, 1.54) is 6.07 Å². The molecule has 108 valence electrons. The van der Waals surface area contributed by atoms with Crippen molar-refractivity contribution in [2.75, 3.05) is 19.7 Å². The molecule has 0 aliphatic carbocycles. The molecule has 0 spiro atoms. The molecular weight excluding hydrogens is 264 g/mol. The molecule has 7 nitrogen and oxygen atoms in total. The summed E-state index contributed by atoms with van der Waals surface area (Å²) in [6, 6.07) is 6.21. The van der Waals surface area contributed by atoms with Crippen LogP contribution >= 0.6 is 0 Å². The number of benzene rings is 1. The van der Waals surface area contributed by atoms with E-state index in [4.69, 9.17) is 9.47 Å². The summed E-state index contributed by atoms with van der Waals surface area (Å²) in [5.74, 6) is -0.511. The normalized spacial score (nSPS) is 20.1. The lowest BCUT2D eigenvalue weighted by Gasteiger charge is -2.23. The molecule has 1 aromatic rings. The first-order valence-corrected chi connectivity index (χ1v) is 6.35. The highest BCUT2D eigenvalue weighted by Crippen LogP contribution is 2.27. The molecule has 0 bridgehead atoms. The molecule has 20 heavy (non-hydrogen) atoms. The number of hydrogen-bond donors (Lipinski definition) is 1. The van der Waals surface area contributed by atoms with Gasteiger partial charge in [-0.05, 0) is 13.0 Å².